The van der Waals surface area contributed by atoms with Crippen molar-refractivity contribution in [3.05, 3.63) is 30.3 Å². The normalized spacial score (nSPS) is 8.38. The number of hydrogen-bond donors (Lipinski definition) is 0. The number of hydrogen-bond acceptors (Lipinski definition) is 3. The van der Waals surface area contributed by atoms with Gasteiger partial charge in [0.2, 0.25) is 6.41 Å². The third-order valence-electron chi connectivity index (χ3n) is 1.89. The fourth-order valence-corrected chi connectivity index (χ4v) is 0.927. The molecule has 0 heterocycles. The van der Waals surface area contributed by atoms with Crippen LogP contribution in [-0.4, -0.2) is 30.9 Å². The van der Waals surface area contributed by atoms with Gasteiger partial charge in [-0.15, -0.1) is 0 Å². The van der Waals surface area contributed by atoms with Crippen LogP contribution in [0.15, 0.2) is 30.3 Å². The third-order valence-corrected chi connectivity index (χ3v) is 1.89. The van der Waals surface area contributed by atoms with E-state index in [4.69, 9.17) is 0 Å². The summed E-state index contributed by atoms with van der Waals surface area (Å²) in [5.41, 5.74) is 0. The van der Waals surface area contributed by atoms with Crippen LogP contribution >= 0.6 is 0 Å². The minimum atomic E-state index is 0.412. The van der Waals surface area contributed by atoms with Crippen LogP contribution < -0.4 is 4.74 Å². The van der Waals surface area contributed by atoms with E-state index >= 15 is 0 Å². The summed E-state index contributed by atoms with van der Waals surface area (Å²) in [4.78, 5) is 21.3. The first kappa shape index (κ1) is 14.2. The zero-order valence-corrected chi connectivity index (χ0v) is 9.63. The van der Waals surface area contributed by atoms with Gasteiger partial charge in [0.25, 0.3) is 6.47 Å². The SMILES string of the molecule is CCN(C=O)CC.O=COc1ccccc1. The average molecular weight is 223 g/mol. The van der Waals surface area contributed by atoms with Gasteiger partial charge in [0.1, 0.15) is 5.75 Å². The van der Waals surface area contributed by atoms with Crippen LogP contribution in [-0.2, 0) is 9.59 Å². The zero-order chi connectivity index (χ0) is 12.2. The first-order chi connectivity index (χ1) is 7.78. The summed E-state index contributed by atoms with van der Waals surface area (Å²) in [6.45, 7) is 5.96. The summed E-state index contributed by atoms with van der Waals surface area (Å²) in [5, 5.41) is 0. The molecular formula is C12H17NO3. The molecule has 0 aliphatic heterocycles. The van der Waals surface area contributed by atoms with Crippen molar-refractivity contribution in [3.63, 3.8) is 0 Å². The molecule has 16 heavy (non-hydrogen) atoms. The van der Waals surface area contributed by atoms with Crippen LogP contribution in [0.5, 0.6) is 5.75 Å². The topological polar surface area (TPSA) is 46.6 Å². The molecule has 0 N–H and O–H groups in total. The predicted octanol–water partition coefficient (Wildman–Crippen LogP) is 1.71. The molecule has 0 atom stereocenters. The van der Waals surface area contributed by atoms with Gasteiger partial charge in [-0.1, -0.05) is 18.2 Å². The molecule has 1 amide bonds. The second-order valence-electron chi connectivity index (χ2n) is 2.85. The molecule has 1 rings (SSSR count). The maximum atomic E-state index is 9.89. The van der Waals surface area contributed by atoms with Crippen LogP contribution in [0.2, 0.25) is 0 Å². The van der Waals surface area contributed by atoms with Gasteiger partial charge in [0.05, 0.1) is 0 Å². The maximum absolute atomic E-state index is 9.89. The van der Waals surface area contributed by atoms with E-state index < -0.39 is 0 Å². The van der Waals surface area contributed by atoms with Gasteiger partial charge < -0.3 is 9.64 Å². The highest BCUT2D eigenvalue weighted by Gasteiger charge is 1.87. The minimum absolute atomic E-state index is 0.412. The lowest BCUT2D eigenvalue weighted by molar-refractivity contribution is -0.120. The Hall–Kier alpha value is -1.84. The Bertz CT molecular complexity index is 284. The average Bonchev–Trinajstić information content (AvgIpc) is 2.34. The van der Waals surface area contributed by atoms with Crippen molar-refractivity contribution in [1.82, 2.24) is 4.90 Å². The highest BCUT2D eigenvalue weighted by atomic mass is 16.5. The largest absolute Gasteiger partial charge is 0.429 e. The molecule has 0 spiro atoms. The quantitative estimate of drug-likeness (QED) is 0.714. The molecule has 0 saturated heterocycles. The van der Waals surface area contributed by atoms with Crippen LogP contribution in [0.25, 0.3) is 0 Å². The molecule has 0 fully saturated rings. The molecule has 1 aromatic rings. The molecule has 1 aromatic carbocycles. The molecule has 0 bridgehead atoms. The number of rotatable bonds is 5. The van der Waals surface area contributed by atoms with Gasteiger partial charge in [-0.3, -0.25) is 9.59 Å². The summed E-state index contributed by atoms with van der Waals surface area (Å²) in [6.07, 6.45) is 0.861. The van der Waals surface area contributed by atoms with Gasteiger partial charge in [-0.2, -0.15) is 0 Å². The summed E-state index contributed by atoms with van der Waals surface area (Å²) < 4.78 is 4.53. The third kappa shape index (κ3) is 6.59. The van der Waals surface area contributed by atoms with Crippen molar-refractivity contribution >= 4 is 12.9 Å². The molecule has 0 radical (unpaired) electrons. The van der Waals surface area contributed by atoms with Crippen LogP contribution in [0.1, 0.15) is 13.8 Å². The fourth-order valence-electron chi connectivity index (χ4n) is 0.927. The van der Waals surface area contributed by atoms with E-state index in [1.165, 1.54) is 0 Å². The molecule has 0 aliphatic carbocycles. The Balaban J connectivity index is 0.000000293. The van der Waals surface area contributed by atoms with Crippen molar-refractivity contribution < 1.29 is 14.3 Å². The molecule has 0 saturated carbocycles. The second-order valence-corrected chi connectivity index (χ2v) is 2.85. The number of para-hydroxylation sites is 1. The lowest BCUT2D eigenvalue weighted by Gasteiger charge is -2.08. The van der Waals surface area contributed by atoms with Crippen LogP contribution in [0.4, 0.5) is 0 Å². The van der Waals surface area contributed by atoms with E-state index in [1.54, 1.807) is 29.2 Å². The standard InChI is InChI=1S/C7H6O2.C5H11NO/c8-6-9-7-4-2-1-3-5-7;1-3-6(4-2)5-7/h1-6H;5H,3-4H2,1-2H3. The van der Waals surface area contributed by atoms with E-state index in [2.05, 4.69) is 4.74 Å². The number of nitrogens with zero attached hydrogens (tertiary/aromatic N) is 1. The van der Waals surface area contributed by atoms with Crippen molar-refractivity contribution in [2.45, 2.75) is 13.8 Å². The Kier molecular flexibility index (Phi) is 8.59. The summed E-state index contributed by atoms with van der Waals surface area (Å²) in [5.74, 6) is 0.576. The first-order valence-corrected chi connectivity index (χ1v) is 5.13. The Morgan fingerprint density at radius 2 is 1.69 bits per heavy atom. The Labute approximate surface area is 95.8 Å². The summed E-state index contributed by atoms with van der Waals surface area (Å²) >= 11 is 0. The molecule has 0 aromatic heterocycles. The van der Waals surface area contributed by atoms with Crippen LogP contribution in [0.3, 0.4) is 0 Å². The van der Waals surface area contributed by atoms with E-state index in [0.717, 1.165) is 19.5 Å². The van der Waals surface area contributed by atoms with Crippen molar-refractivity contribution in [2.75, 3.05) is 13.1 Å². The number of amides is 1. The number of carbonyl (C=O) groups excluding carboxylic acids is 2. The molecule has 4 nitrogen and oxygen atoms in total. The van der Waals surface area contributed by atoms with Crippen molar-refractivity contribution in [3.8, 4) is 5.75 Å². The minimum Gasteiger partial charge on any atom is -0.429 e. The van der Waals surface area contributed by atoms with Gasteiger partial charge in [0.15, 0.2) is 0 Å². The molecule has 4 heteroatoms. The number of benzene rings is 1. The Morgan fingerprint density at radius 3 is 2.00 bits per heavy atom. The number of carbonyl (C=O) groups is 2. The summed E-state index contributed by atoms with van der Waals surface area (Å²) in [7, 11) is 0. The molecule has 0 aliphatic rings. The van der Waals surface area contributed by atoms with Gasteiger partial charge in [0, 0.05) is 13.1 Å². The molecule has 0 unspecified atom stereocenters. The van der Waals surface area contributed by atoms with E-state index in [9.17, 15) is 9.59 Å². The van der Waals surface area contributed by atoms with Crippen LogP contribution in [0, 0.1) is 0 Å². The van der Waals surface area contributed by atoms with Gasteiger partial charge in [-0.25, -0.2) is 0 Å². The number of ether oxygens (including phenoxy) is 1. The molecular weight excluding hydrogens is 206 g/mol. The second kappa shape index (κ2) is 9.71. The maximum Gasteiger partial charge on any atom is 0.298 e. The highest BCUT2D eigenvalue weighted by molar-refractivity contribution is 5.46. The first-order valence-electron chi connectivity index (χ1n) is 5.13. The lowest BCUT2D eigenvalue weighted by Crippen LogP contribution is -2.19. The molecule has 88 valence electrons. The monoisotopic (exact) mass is 223 g/mol. The van der Waals surface area contributed by atoms with E-state index in [-0.39, 0.29) is 0 Å². The lowest BCUT2D eigenvalue weighted by atomic mass is 10.3. The smallest absolute Gasteiger partial charge is 0.298 e. The van der Waals surface area contributed by atoms with E-state index in [0.29, 0.717) is 12.2 Å². The summed E-state index contributed by atoms with van der Waals surface area (Å²) in [6, 6.07) is 8.90. The fraction of sp³-hybridized carbons (Fsp3) is 0.333. The van der Waals surface area contributed by atoms with Crippen molar-refractivity contribution in [1.29, 1.82) is 0 Å². The predicted molar refractivity (Wildman–Crippen MR) is 62.1 cm³/mol. The van der Waals surface area contributed by atoms with Crippen molar-refractivity contribution in [2.24, 2.45) is 0 Å². The Morgan fingerprint density at radius 1 is 1.12 bits per heavy atom. The van der Waals surface area contributed by atoms with Gasteiger partial charge in [-0.05, 0) is 26.0 Å². The van der Waals surface area contributed by atoms with Gasteiger partial charge >= 0.3 is 0 Å². The highest BCUT2D eigenvalue weighted by Crippen LogP contribution is 2.05. The van der Waals surface area contributed by atoms with E-state index in [1.807, 2.05) is 19.9 Å². The zero-order valence-electron chi connectivity index (χ0n) is 9.63.